The molecule has 0 fully saturated rings. The first-order valence-corrected chi connectivity index (χ1v) is 7.18. The monoisotopic (exact) mass is 289 g/mol. The highest BCUT2D eigenvalue weighted by Gasteiger charge is 2.10. The van der Waals surface area contributed by atoms with Gasteiger partial charge in [0.1, 0.15) is 5.75 Å². The summed E-state index contributed by atoms with van der Waals surface area (Å²) in [6.45, 7) is 3.29. The zero-order chi connectivity index (χ0) is 15.2. The molecule has 0 saturated heterocycles. The van der Waals surface area contributed by atoms with Gasteiger partial charge in [0.05, 0.1) is 18.9 Å². The lowest BCUT2D eigenvalue weighted by atomic mass is 10.1. The number of nitrogens with zero attached hydrogens (tertiary/aromatic N) is 2. The molecule has 0 saturated carbocycles. The largest absolute Gasteiger partial charge is 0.497 e. The molecule has 1 atom stereocenters. The van der Waals surface area contributed by atoms with E-state index in [0.717, 1.165) is 23.4 Å². The van der Waals surface area contributed by atoms with E-state index >= 15 is 0 Å². The van der Waals surface area contributed by atoms with E-state index in [4.69, 9.17) is 4.74 Å². The Balaban J connectivity index is 1.90. The molecule has 5 heteroatoms. The second kappa shape index (κ2) is 7.24. The normalized spacial score (nSPS) is 12.4. The predicted octanol–water partition coefficient (Wildman–Crippen LogP) is 1.81. The summed E-state index contributed by atoms with van der Waals surface area (Å²) in [6, 6.07) is 7.50. The topological polar surface area (TPSA) is 59.3 Å². The molecule has 0 aliphatic carbocycles. The van der Waals surface area contributed by atoms with Crippen molar-refractivity contribution in [3.05, 3.63) is 47.3 Å². The van der Waals surface area contributed by atoms with Gasteiger partial charge in [0.25, 0.3) is 0 Å². The molecule has 2 rings (SSSR count). The first-order valence-electron chi connectivity index (χ1n) is 7.18. The molecule has 0 aliphatic rings. The van der Waals surface area contributed by atoms with Crippen LogP contribution in [0.15, 0.2) is 30.5 Å². The van der Waals surface area contributed by atoms with Gasteiger partial charge in [-0.05, 0) is 24.1 Å². The summed E-state index contributed by atoms with van der Waals surface area (Å²) in [5.74, 6) is 0.757. The number of hydrogen-bond acceptors (Lipinski definition) is 4. The molecule has 1 heterocycles. The van der Waals surface area contributed by atoms with Gasteiger partial charge in [-0.1, -0.05) is 19.1 Å². The number of rotatable bonds is 7. The molecule has 0 aliphatic heterocycles. The van der Waals surface area contributed by atoms with Crippen LogP contribution < -0.4 is 10.1 Å². The maximum Gasteiger partial charge on any atom is 0.119 e. The third-order valence-corrected chi connectivity index (χ3v) is 3.46. The summed E-state index contributed by atoms with van der Waals surface area (Å²) in [7, 11) is 3.55. The van der Waals surface area contributed by atoms with Crippen molar-refractivity contribution in [1.82, 2.24) is 15.1 Å². The van der Waals surface area contributed by atoms with E-state index in [2.05, 4.69) is 17.3 Å². The lowest BCUT2D eigenvalue weighted by molar-refractivity contribution is 0.174. The molecule has 0 radical (unpaired) electrons. The van der Waals surface area contributed by atoms with Gasteiger partial charge < -0.3 is 15.2 Å². The van der Waals surface area contributed by atoms with Crippen LogP contribution in [0.1, 0.15) is 29.8 Å². The fourth-order valence-electron chi connectivity index (χ4n) is 2.34. The van der Waals surface area contributed by atoms with Gasteiger partial charge in [-0.15, -0.1) is 0 Å². The minimum absolute atomic E-state index is 0.491. The highest BCUT2D eigenvalue weighted by atomic mass is 16.5. The molecule has 21 heavy (non-hydrogen) atoms. The van der Waals surface area contributed by atoms with Crippen LogP contribution in [-0.4, -0.2) is 28.5 Å². The molecule has 1 aromatic carbocycles. The molecule has 0 spiro atoms. The lowest BCUT2D eigenvalue weighted by Crippen LogP contribution is -2.21. The predicted molar refractivity (Wildman–Crippen MR) is 82.2 cm³/mol. The first-order chi connectivity index (χ1) is 10.1. The number of hydrogen-bond donors (Lipinski definition) is 2. The average molecular weight is 289 g/mol. The Morgan fingerprint density at radius 1 is 1.43 bits per heavy atom. The lowest BCUT2D eigenvalue weighted by Gasteiger charge is -2.13. The summed E-state index contributed by atoms with van der Waals surface area (Å²) >= 11 is 0. The number of aliphatic hydroxyl groups is 1. The molecule has 5 nitrogen and oxygen atoms in total. The van der Waals surface area contributed by atoms with Crippen LogP contribution in [-0.2, 0) is 20.0 Å². The number of nitrogens with one attached hydrogen (secondary N) is 1. The van der Waals surface area contributed by atoms with E-state index in [1.165, 1.54) is 5.56 Å². The van der Waals surface area contributed by atoms with Gasteiger partial charge in [-0.3, -0.25) is 4.68 Å². The second-order valence-corrected chi connectivity index (χ2v) is 5.05. The molecule has 1 unspecified atom stereocenters. The van der Waals surface area contributed by atoms with Crippen LogP contribution in [0.2, 0.25) is 0 Å². The molecular weight excluding hydrogens is 266 g/mol. The average Bonchev–Trinajstić information content (AvgIpc) is 2.87. The van der Waals surface area contributed by atoms with Gasteiger partial charge in [0.15, 0.2) is 0 Å². The van der Waals surface area contributed by atoms with Gasteiger partial charge in [0.2, 0.25) is 0 Å². The third kappa shape index (κ3) is 4.06. The number of methoxy groups -OCH3 is 1. The highest BCUT2D eigenvalue weighted by Crippen LogP contribution is 2.18. The fraction of sp³-hybridized carbons (Fsp3) is 0.438. The number of aliphatic hydroxyl groups excluding tert-OH is 1. The minimum atomic E-state index is -0.554. The smallest absolute Gasteiger partial charge is 0.119 e. The van der Waals surface area contributed by atoms with Crippen molar-refractivity contribution in [3.8, 4) is 5.75 Å². The standard InChI is InChI=1S/C16H23N3O2/c1-4-15-13(11-19(2)18-15)9-17-10-16(20)12-6-5-7-14(8-12)21-3/h5-8,11,16-17,20H,4,9-10H2,1-3H3. The number of benzene rings is 1. The SMILES string of the molecule is CCc1nn(C)cc1CNCC(O)c1cccc(OC)c1. The summed E-state index contributed by atoms with van der Waals surface area (Å²) in [6.07, 6.45) is 2.38. The van der Waals surface area contributed by atoms with Gasteiger partial charge in [0, 0.05) is 31.9 Å². The summed E-state index contributed by atoms with van der Waals surface area (Å²) in [5.41, 5.74) is 3.13. The maximum absolute atomic E-state index is 10.2. The summed E-state index contributed by atoms with van der Waals surface area (Å²) in [5, 5.41) is 17.9. The zero-order valence-corrected chi connectivity index (χ0v) is 12.8. The Morgan fingerprint density at radius 3 is 2.95 bits per heavy atom. The van der Waals surface area contributed by atoms with Gasteiger partial charge in [-0.2, -0.15) is 5.10 Å². The van der Waals surface area contributed by atoms with E-state index in [0.29, 0.717) is 13.1 Å². The third-order valence-electron chi connectivity index (χ3n) is 3.46. The van der Waals surface area contributed by atoms with E-state index < -0.39 is 6.10 Å². The van der Waals surface area contributed by atoms with Crippen molar-refractivity contribution in [2.75, 3.05) is 13.7 Å². The van der Waals surface area contributed by atoms with Gasteiger partial charge >= 0.3 is 0 Å². The van der Waals surface area contributed by atoms with E-state index in [1.54, 1.807) is 7.11 Å². The number of ether oxygens (including phenoxy) is 1. The van der Waals surface area contributed by atoms with Crippen LogP contribution >= 0.6 is 0 Å². The fourth-order valence-corrected chi connectivity index (χ4v) is 2.34. The van der Waals surface area contributed by atoms with E-state index in [9.17, 15) is 5.11 Å². The van der Waals surface area contributed by atoms with Crippen molar-refractivity contribution in [2.24, 2.45) is 7.05 Å². The Morgan fingerprint density at radius 2 is 2.24 bits per heavy atom. The Kier molecular flexibility index (Phi) is 5.36. The molecule has 2 aromatic rings. The van der Waals surface area contributed by atoms with Crippen LogP contribution in [0.5, 0.6) is 5.75 Å². The molecule has 2 N–H and O–H groups in total. The second-order valence-electron chi connectivity index (χ2n) is 5.05. The molecule has 0 amide bonds. The van der Waals surface area contributed by atoms with Crippen molar-refractivity contribution < 1.29 is 9.84 Å². The van der Waals surface area contributed by atoms with Crippen LogP contribution in [0.3, 0.4) is 0 Å². The van der Waals surface area contributed by atoms with Crippen molar-refractivity contribution in [2.45, 2.75) is 26.0 Å². The Hall–Kier alpha value is -1.85. The number of aromatic nitrogens is 2. The van der Waals surface area contributed by atoms with Crippen molar-refractivity contribution in [3.63, 3.8) is 0 Å². The zero-order valence-electron chi connectivity index (χ0n) is 12.8. The van der Waals surface area contributed by atoms with Crippen molar-refractivity contribution in [1.29, 1.82) is 0 Å². The number of aryl methyl sites for hydroxylation is 2. The van der Waals surface area contributed by atoms with Crippen LogP contribution in [0.4, 0.5) is 0 Å². The van der Waals surface area contributed by atoms with Crippen LogP contribution in [0.25, 0.3) is 0 Å². The van der Waals surface area contributed by atoms with E-state index in [1.807, 2.05) is 42.2 Å². The van der Waals surface area contributed by atoms with Crippen molar-refractivity contribution >= 4 is 0 Å². The summed E-state index contributed by atoms with van der Waals surface area (Å²) in [4.78, 5) is 0. The minimum Gasteiger partial charge on any atom is -0.497 e. The molecular formula is C16H23N3O2. The highest BCUT2D eigenvalue weighted by molar-refractivity contribution is 5.30. The maximum atomic E-state index is 10.2. The molecule has 1 aromatic heterocycles. The quantitative estimate of drug-likeness (QED) is 0.816. The molecule has 0 bridgehead atoms. The Labute approximate surface area is 125 Å². The van der Waals surface area contributed by atoms with Gasteiger partial charge in [-0.25, -0.2) is 0 Å². The first kappa shape index (κ1) is 15.5. The Bertz CT molecular complexity index is 581. The molecule has 114 valence electrons. The van der Waals surface area contributed by atoms with Crippen LogP contribution in [0, 0.1) is 0 Å². The summed E-state index contributed by atoms with van der Waals surface area (Å²) < 4.78 is 7.00. The van der Waals surface area contributed by atoms with E-state index in [-0.39, 0.29) is 0 Å².